The van der Waals surface area contributed by atoms with E-state index in [1.54, 1.807) is 7.11 Å². The first-order valence-corrected chi connectivity index (χ1v) is 22.7. The number of carboxylic acid groups (broad SMARTS) is 1. The summed E-state index contributed by atoms with van der Waals surface area (Å²) in [6, 6.07) is 0.519. The summed E-state index contributed by atoms with van der Waals surface area (Å²) in [5, 5.41) is 8.69. The standard InChI is InChI=1S/C19H42O8Si4/c1-23-14-13-17(15-24-19(22)12-11-18(20)21)16-31(25-28(2,3)4,26-29(5,6)7)27-30(8,9)10/h11-12,17H,13-16H2,1-10H3,(H,20,21)/b12-11+. The average Bonchev–Trinajstić information content (AvgIpc) is 2.50. The van der Waals surface area contributed by atoms with Crippen LogP contribution in [0.1, 0.15) is 6.42 Å². The first kappa shape index (κ1) is 30.4. The molecule has 31 heavy (non-hydrogen) atoms. The smallest absolute Gasteiger partial charge is 0.469 e. The van der Waals surface area contributed by atoms with Crippen molar-refractivity contribution in [3.63, 3.8) is 0 Å². The highest BCUT2D eigenvalue weighted by Crippen LogP contribution is 2.32. The van der Waals surface area contributed by atoms with Crippen molar-refractivity contribution in [3.05, 3.63) is 12.2 Å². The largest absolute Gasteiger partial charge is 0.478 e. The zero-order valence-electron chi connectivity index (χ0n) is 20.9. The normalized spacial score (nSPS) is 14.6. The van der Waals surface area contributed by atoms with Gasteiger partial charge in [0.1, 0.15) is 0 Å². The van der Waals surface area contributed by atoms with Crippen LogP contribution in [0, 0.1) is 5.92 Å². The molecule has 12 heteroatoms. The Balaban J connectivity index is 5.85. The molecular formula is C19H42O8Si4. The number of carbonyl (C=O) groups is 2. The van der Waals surface area contributed by atoms with Crippen LogP contribution in [0.5, 0.6) is 0 Å². The van der Waals surface area contributed by atoms with Gasteiger partial charge in [0, 0.05) is 31.9 Å². The van der Waals surface area contributed by atoms with E-state index in [4.69, 9.17) is 26.9 Å². The van der Waals surface area contributed by atoms with Gasteiger partial charge in [-0.05, 0) is 71.3 Å². The van der Waals surface area contributed by atoms with Crippen molar-refractivity contribution < 1.29 is 36.5 Å². The van der Waals surface area contributed by atoms with Crippen molar-refractivity contribution in [2.45, 2.75) is 71.4 Å². The van der Waals surface area contributed by atoms with Crippen molar-refractivity contribution >= 4 is 45.7 Å². The van der Waals surface area contributed by atoms with Gasteiger partial charge in [0.2, 0.25) is 0 Å². The second kappa shape index (κ2) is 12.6. The second-order valence-electron chi connectivity index (χ2n) is 10.5. The van der Waals surface area contributed by atoms with Crippen LogP contribution >= 0.6 is 0 Å². The first-order chi connectivity index (χ1) is 13.9. The number of aliphatic carboxylic acids is 1. The minimum Gasteiger partial charge on any atom is -0.478 e. The van der Waals surface area contributed by atoms with Gasteiger partial charge in [-0.2, -0.15) is 0 Å². The molecule has 0 heterocycles. The monoisotopic (exact) mass is 510 g/mol. The Morgan fingerprint density at radius 1 is 0.839 bits per heavy atom. The van der Waals surface area contributed by atoms with E-state index < -0.39 is 45.7 Å². The van der Waals surface area contributed by atoms with Crippen LogP contribution in [0.4, 0.5) is 0 Å². The highest BCUT2D eigenvalue weighted by molar-refractivity contribution is 6.90. The number of hydrogen-bond acceptors (Lipinski definition) is 7. The Bertz CT molecular complexity index is 565. The fraction of sp³-hybridized carbons (Fsp3) is 0.789. The molecule has 0 aliphatic heterocycles. The molecule has 1 atom stereocenters. The number of hydrogen-bond donors (Lipinski definition) is 1. The van der Waals surface area contributed by atoms with Gasteiger partial charge in [-0.25, -0.2) is 9.59 Å². The van der Waals surface area contributed by atoms with Crippen LogP contribution in [0.3, 0.4) is 0 Å². The zero-order chi connectivity index (χ0) is 24.5. The number of ether oxygens (including phenoxy) is 2. The Kier molecular flexibility index (Phi) is 12.3. The van der Waals surface area contributed by atoms with Crippen molar-refractivity contribution in [1.82, 2.24) is 0 Å². The maximum absolute atomic E-state index is 11.9. The molecule has 0 amide bonds. The van der Waals surface area contributed by atoms with E-state index >= 15 is 0 Å². The van der Waals surface area contributed by atoms with Gasteiger partial charge < -0.3 is 26.9 Å². The molecule has 0 aromatic heterocycles. The van der Waals surface area contributed by atoms with Gasteiger partial charge in [0.15, 0.2) is 25.0 Å². The topological polar surface area (TPSA) is 101 Å². The molecule has 8 nitrogen and oxygen atoms in total. The lowest BCUT2D eigenvalue weighted by Gasteiger charge is -2.44. The van der Waals surface area contributed by atoms with Crippen molar-refractivity contribution in [2.75, 3.05) is 20.3 Å². The lowest BCUT2D eigenvalue weighted by atomic mass is 10.1. The molecule has 0 aromatic rings. The maximum Gasteiger partial charge on any atom is 0.469 e. The van der Waals surface area contributed by atoms with E-state index in [1.807, 2.05) is 0 Å². The molecule has 0 aliphatic rings. The van der Waals surface area contributed by atoms with Gasteiger partial charge in [-0.15, -0.1) is 0 Å². The molecule has 0 rings (SSSR count). The summed E-state index contributed by atoms with van der Waals surface area (Å²) in [6.45, 7) is 19.7. The predicted octanol–water partition coefficient (Wildman–Crippen LogP) is 4.32. The SMILES string of the molecule is COCCC(COC(=O)/C=C/C(=O)O)C[Si](O[Si](C)(C)C)(O[Si](C)(C)C)O[Si](C)(C)C. The van der Waals surface area contributed by atoms with Crippen LogP contribution in [-0.2, 0) is 31.4 Å². The summed E-state index contributed by atoms with van der Waals surface area (Å²) in [5.74, 6) is -1.99. The van der Waals surface area contributed by atoms with E-state index in [1.165, 1.54) is 0 Å². The Labute approximate surface area is 192 Å². The third-order valence-electron chi connectivity index (χ3n) is 3.48. The fourth-order valence-electron chi connectivity index (χ4n) is 2.86. The van der Waals surface area contributed by atoms with Gasteiger partial charge in [0.25, 0.3) is 0 Å². The quantitative estimate of drug-likeness (QED) is 0.197. The maximum atomic E-state index is 11.9. The molecule has 0 aromatic carbocycles. The fourth-order valence-corrected chi connectivity index (χ4v) is 17.7. The molecule has 182 valence electrons. The summed E-state index contributed by atoms with van der Waals surface area (Å²) in [5.41, 5.74) is 0. The van der Waals surface area contributed by atoms with Gasteiger partial charge >= 0.3 is 20.7 Å². The van der Waals surface area contributed by atoms with Crippen LogP contribution < -0.4 is 0 Å². The van der Waals surface area contributed by atoms with Crippen molar-refractivity contribution in [2.24, 2.45) is 5.92 Å². The van der Waals surface area contributed by atoms with Crippen LogP contribution in [0.25, 0.3) is 0 Å². The summed E-state index contributed by atoms with van der Waals surface area (Å²) >= 11 is 0. The van der Waals surface area contributed by atoms with Gasteiger partial charge in [-0.1, -0.05) is 0 Å². The summed E-state index contributed by atoms with van der Waals surface area (Å²) < 4.78 is 30.7. The van der Waals surface area contributed by atoms with E-state index in [0.717, 1.165) is 12.2 Å². The molecule has 0 saturated heterocycles. The Morgan fingerprint density at radius 3 is 1.65 bits per heavy atom. The summed E-state index contributed by atoms with van der Waals surface area (Å²) in [4.78, 5) is 22.5. The van der Waals surface area contributed by atoms with Crippen LogP contribution in [-0.4, -0.2) is 71.1 Å². The second-order valence-corrected chi connectivity index (χ2v) is 27.4. The van der Waals surface area contributed by atoms with Crippen molar-refractivity contribution in [3.8, 4) is 0 Å². The third-order valence-corrected chi connectivity index (χ3v) is 15.6. The third kappa shape index (κ3) is 16.6. The number of rotatable bonds is 15. The summed E-state index contributed by atoms with van der Waals surface area (Å²) in [7, 11) is -7.53. The molecule has 1 unspecified atom stereocenters. The molecule has 0 fully saturated rings. The molecule has 0 radical (unpaired) electrons. The van der Waals surface area contributed by atoms with Crippen molar-refractivity contribution in [1.29, 1.82) is 0 Å². The minimum atomic E-state index is -3.10. The Hall–Kier alpha value is -0.612. The first-order valence-electron chi connectivity index (χ1n) is 10.5. The van der Waals surface area contributed by atoms with E-state index in [-0.39, 0.29) is 12.5 Å². The molecule has 1 N–H and O–H groups in total. The van der Waals surface area contributed by atoms with Crippen LogP contribution in [0.2, 0.25) is 65.0 Å². The van der Waals surface area contributed by atoms with Crippen LogP contribution in [0.15, 0.2) is 12.2 Å². The predicted molar refractivity (Wildman–Crippen MR) is 132 cm³/mol. The molecule has 0 spiro atoms. The Morgan fingerprint density at radius 2 is 1.29 bits per heavy atom. The summed E-state index contributed by atoms with van der Waals surface area (Å²) in [6.07, 6.45) is 2.32. The number of carbonyl (C=O) groups excluding carboxylic acids is 1. The molecule has 0 bridgehead atoms. The minimum absolute atomic E-state index is 0.0992. The highest BCUT2D eigenvalue weighted by atomic mass is 28.5. The van der Waals surface area contributed by atoms with Gasteiger partial charge in [-0.3, -0.25) is 0 Å². The number of esters is 1. The molecule has 0 aliphatic carbocycles. The lowest BCUT2D eigenvalue weighted by molar-refractivity contribution is -0.140. The highest BCUT2D eigenvalue weighted by Gasteiger charge is 2.51. The van der Waals surface area contributed by atoms with Gasteiger partial charge in [0.05, 0.1) is 6.61 Å². The molecular weight excluding hydrogens is 469 g/mol. The number of methoxy groups -OCH3 is 1. The lowest BCUT2D eigenvalue weighted by Crippen LogP contribution is -2.61. The average molecular weight is 511 g/mol. The van der Waals surface area contributed by atoms with E-state index in [0.29, 0.717) is 19.1 Å². The number of carboxylic acids is 1. The zero-order valence-corrected chi connectivity index (χ0v) is 24.9. The van der Waals surface area contributed by atoms with E-state index in [9.17, 15) is 9.59 Å². The van der Waals surface area contributed by atoms with E-state index in [2.05, 4.69) is 58.9 Å². The molecule has 0 saturated carbocycles.